The van der Waals surface area contributed by atoms with Gasteiger partial charge in [-0.05, 0) is 43.8 Å². The third-order valence-corrected chi connectivity index (χ3v) is 4.60. The highest BCUT2D eigenvalue weighted by molar-refractivity contribution is 7.10. The van der Waals surface area contributed by atoms with Crippen molar-refractivity contribution in [2.75, 3.05) is 7.11 Å². The van der Waals surface area contributed by atoms with Crippen molar-refractivity contribution in [3.05, 3.63) is 51.7 Å². The summed E-state index contributed by atoms with van der Waals surface area (Å²) >= 11 is 1.81. The monoisotopic (exact) mass is 275 g/mol. The third kappa shape index (κ3) is 3.17. The maximum atomic E-state index is 5.43. The first-order valence-electron chi connectivity index (χ1n) is 6.56. The van der Waals surface area contributed by atoms with Gasteiger partial charge in [0, 0.05) is 22.5 Å². The van der Waals surface area contributed by atoms with E-state index < -0.39 is 0 Å². The van der Waals surface area contributed by atoms with Crippen LogP contribution in [-0.4, -0.2) is 7.11 Å². The van der Waals surface area contributed by atoms with Crippen molar-refractivity contribution in [3.63, 3.8) is 0 Å². The van der Waals surface area contributed by atoms with Crippen molar-refractivity contribution in [2.24, 2.45) is 0 Å². The Kier molecular flexibility index (Phi) is 4.61. The lowest BCUT2D eigenvalue weighted by Gasteiger charge is -2.22. The van der Waals surface area contributed by atoms with Gasteiger partial charge >= 0.3 is 0 Å². The molecule has 1 heterocycles. The predicted octanol–water partition coefficient (Wildman–Crippen LogP) is 4.48. The zero-order chi connectivity index (χ0) is 13.8. The molecule has 0 amide bonds. The molecule has 1 aromatic carbocycles. The standard InChI is InChI=1S/C16H21NOS/c1-11-9-10-19-16(11)13(3)17-12(2)14-7-5-6-8-15(14)18-4/h5-10,12-13,17H,1-4H3/t12-,13?/m0/s1. The molecule has 0 aliphatic rings. The fourth-order valence-corrected chi connectivity index (χ4v) is 3.34. The number of benzene rings is 1. The van der Waals surface area contributed by atoms with Crippen LogP contribution in [0.3, 0.4) is 0 Å². The highest BCUT2D eigenvalue weighted by Crippen LogP contribution is 2.29. The summed E-state index contributed by atoms with van der Waals surface area (Å²) in [6.45, 7) is 6.56. The van der Waals surface area contributed by atoms with Crippen LogP contribution in [0.5, 0.6) is 5.75 Å². The molecule has 0 radical (unpaired) electrons. The van der Waals surface area contributed by atoms with E-state index in [1.54, 1.807) is 7.11 Å². The normalized spacial score (nSPS) is 14.1. The average molecular weight is 275 g/mol. The van der Waals surface area contributed by atoms with Crippen molar-refractivity contribution in [1.82, 2.24) is 5.32 Å². The number of hydrogen-bond donors (Lipinski definition) is 1. The molecule has 1 aromatic heterocycles. The number of thiophene rings is 1. The van der Waals surface area contributed by atoms with Gasteiger partial charge in [0.25, 0.3) is 0 Å². The molecule has 0 saturated heterocycles. The van der Waals surface area contributed by atoms with Crippen LogP contribution in [0, 0.1) is 6.92 Å². The molecule has 2 rings (SSSR count). The number of para-hydroxylation sites is 1. The second kappa shape index (κ2) is 6.22. The molecule has 1 unspecified atom stereocenters. The number of hydrogen-bond acceptors (Lipinski definition) is 3. The van der Waals surface area contributed by atoms with Crippen LogP contribution >= 0.6 is 11.3 Å². The fourth-order valence-electron chi connectivity index (χ4n) is 2.39. The third-order valence-electron chi connectivity index (χ3n) is 3.40. The Morgan fingerprint density at radius 2 is 1.84 bits per heavy atom. The van der Waals surface area contributed by atoms with Gasteiger partial charge in [-0.1, -0.05) is 18.2 Å². The molecular formula is C16H21NOS. The molecule has 3 heteroatoms. The number of ether oxygens (including phenoxy) is 1. The van der Waals surface area contributed by atoms with E-state index >= 15 is 0 Å². The van der Waals surface area contributed by atoms with Crippen LogP contribution in [0.4, 0.5) is 0 Å². The minimum Gasteiger partial charge on any atom is -0.496 e. The lowest BCUT2D eigenvalue weighted by atomic mass is 10.1. The number of rotatable bonds is 5. The summed E-state index contributed by atoms with van der Waals surface area (Å²) in [5.41, 5.74) is 2.56. The zero-order valence-electron chi connectivity index (χ0n) is 11.9. The summed E-state index contributed by atoms with van der Waals surface area (Å²) in [7, 11) is 1.72. The van der Waals surface area contributed by atoms with Crippen LogP contribution in [0.15, 0.2) is 35.7 Å². The van der Waals surface area contributed by atoms with Crippen molar-refractivity contribution in [3.8, 4) is 5.75 Å². The van der Waals surface area contributed by atoms with Gasteiger partial charge in [-0.15, -0.1) is 11.3 Å². The molecule has 0 saturated carbocycles. The predicted molar refractivity (Wildman–Crippen MR) is 82.0 cm³/mol. The minimum atomic E-state index is 0.257. The summed E-state index contributed by atoms with van der Waals surface area (Å²) in [6, 6.07) is 11.0. The fraction of sp³-hybridized carbons (Fsp3) is 0.375. The van der Waals surface area contributed by atoms with Crippen molar-refractivity contribution >= 4 is 11.3 Å². The summed E-state index contributed by atoms with van der Waals surface area (Å²) < 4.78 is 5.43. The SMILES string of the molecule is COc1ccccc1[C@H](C)NC(C)c1sccc1C. The Hall–Kier alpha value is -1.32. The molecule has 19 heavy (non-hydrogen) atoms. The van der Waals surface area contributed by atoms with Crippen molar-refractivity contribution in [1.29, 1.82) is 0 Å². The smallest absolute Gasteiger partial charge is 0.123 e. The highest BCUT2D eigenvalue weighted by atomic mass is 32.1. The van der Waals surface area contributed by atoms with Gasteiger partial charge in [-0.2, -0.15) is 0 Å². The lowest BCUT2D eigenvalue weighted by Crippen LogP contribution is -2.22. The summed E-state index contributed by atoms with van der Waals surface area (Å²) in [6.07, 6.45) is 0. The minimum absolute atomic E-state index is 0.257. The molecule has 2 aromatic rings. The van der Waals surface area contributed by atoms with Gasteiger partial charge in [0.2, 0.25) is 0 Å². The van der Waals surface area contributed by atoms with Crippen molar-refractivity contribution < 1.29 is 4.74 Å². The maximum Gasteiger partial charge on any atom is 0.123 e. The van der Waals surface area contributed by atoms with E-state index in [0.717, 1.165) is 5.75 Å². The average Bonchev–Trinajstić information content (AvgIpc) is 2.85. The molecule has 0 bridgehead atoms. The van der Waals surface area contributed by atoms with E-state index in [0.29, 0.717) is 6.04 Å². The van der Waals surface area contributed by atoms with Crippen LogP contribution in [0.25, 0.3) is 0 Å². The molecule has 2 nitrogen and oxygen atoms in total. The number of methoxy groups -OCH3 is 1. The van der Waals surface area contributed by atoms with Crippen LogP contribution in [0.1, 0.15) is 41.9 Å². The molecule has 0 aliphatic carbocycles. The van der Waals surface area contributed by atoms with Crippen LogP contribution in [-0.2, 0) is 0 Å². The summed E-state index contributed by atoms with van der Waals surface area (Å²) in [5, 5.41) is 5.79. The largest absolute Gasteiger partial charge is 0.496 e. The van der Waals surface area contributed by atoms with Crippen LogP contribution in [0.2, 0.25) is 0 Å². The van der Waals surface area contributed by atoms with Crippen molar-refractivity contribution in [2.45, 2.75) is 32.9 Å². The summed E-state index contributed by atoms with van der Waals surface area (Å²) in [5.74, 6) is 0.942. The molecule has 0 aliphatic heterocycles. The molecule has 1 N–H and O–H groups in total. The Bertz CT molecular complexity index is 535. The second-order valence-corrected chi connectivity index (χ2v) is 5.77. The molecule has 102 valence electrons. The Morgan fingerprint density at radius 1 is 1.11 bits per heavy atom. The molecule has 0 fully saturated rings. The zero-order valence-corrected chi connectivity index (χ0v) is 12.8. The van der Waals surface area contributed by atoms with Gasteiger partial charge in [-0.3, -0.25) is 0 Å². The number of aryl methyl sites for hydroxylation is 1. The molecule has 2 atom stereocenters. The van der Waals surface area contributed by atoms with Crippen LogP contribution < -0.4 is 10.1 Å². The number of nitrogens with one attached hydrogen (secondary N) is 1. The first kappa shape index (κ1) is 14.1. The van der Waals surface area contributed by atoms with Gasteiger partial charge in [-0.25, -0.2) is 0 Å². The van der Waals surface area contributed by atoms with E-state index in [-0.39, 0.29) is 6.04 Å². The first-order valence-corrected chi connectivity index (χ1v) is 7.44. The maximum absolute atomic E-state index is 5.43. The van der Waals surface area contributed by atoms with Gasteiger partial charge in [0.1, 0.15) is 5.75 Å². The van der Waals surface area contributed by atoms with Gasteiger partial charge in [0.15, 0.2) is 0 Å². The Morgan fingerprint density at radius 3 is 2.47 bits per heavy atom. The highest BCUT2D eigenvalue weighted by Gasteiger charge is 2.16. The Labute approximate surface area is 119 Å². The van der Waals surface area contributed by atoms with E-state index in [2.05, 4.69) is 49.7 Å². The van der Waals surface area contributed by atoms with Gasteiger partial charge < -0.3 is 10.1 Å². The van der Waals surface area contributed by atoms with E-state index in [1.807, 2.05) is 23.5 Å². The lowest BCUT2D eigenvalue weighted by molar-refractivity contribution is 0.397. The molecule has 0 spiro atoms. The van der Waals surface area contributed by atoms with E-state index in [1.165, 1.54) is 16.0 Å². The Balaban J connectivity index is 2.13. The van der Waals surface area contributed by atoms with E-state index in [9.17, 15) is 0 Å². The second-order valence-electron chi connectivity index (χ2n) is 4.82. The molecular weight excluding hydrogens is 254 g/mol. The van der Waals surface area contributed by atoms with Gasteiger partial charge in [0.05, 0.1) is 7.11 Å². The summed E-state index contributed by atoms with van der Waals surface area (Å²) in [4.78, 5) is 1.40. The topological polar surface area (TPSA) is 21.3 Å². The quantitative estimate of drug-likeness (QED) is 0.869. The first-order chi connectivity index (χ1) is 9.13. The van der Waals surface area contributed by atoms with E-state index in [4.69, 9.17) is 4.74 Å².